The number of hydrogen-bond donors (Lipinski definition) is 2. The molecular weight excluding hydrogens is 297 g/mol. The normalized spacial score (nSPS) is 10.2. The lowest BCUT2D eigenvalue weighted by Crippen LogP contribution is -2.13. The number of anilines is 2. The summed E-state index contributed by atoms with van der Waals surface area (Å²) in [6.45, 7) is 1.93. The standard InChI is InChI=1S/C14H13Cl2N3O/c1-8-3-4-12(10(15)5-8)19-14(20)9-6-13(17-2)18-7-11(9)16/h3-7H,1-2H3,(H,17,18)(H,19,20). The minimum Gasteiger partial charge on any atom is -0.373 e. The Balaban J connectivity index is 2.28. The minimum atomic E-state index is -0.334. The molecule has 2 rings (SSSR count). The molecule has 2 aromatic rings. The highest BCUT2D eigenvalue weighted by molar-refractivity contribution is 6.36. The first-order chi connectivity index (χ1) is 9.51. The van der Waals surface area contributed by atoms with Crippen molar-refractivity contribution in [1.29, 1.82) is 0 Å². The van der Waals surface area contributed by atoms with Crippen LogP contribution >= 0.6 is 23.2 Å². The van der Waals surface area contributed by atoms with Crippen molar-refractivity contribution in [3.05, 3.63) is 51.6 Å². The Morgan fingerprint density at radius 2 is 1.95 bits per heavy atom. The molecule has 0 saturated carbocycles. The molecule has 0 radical (unpaired) electrons. The van der Waals surface area contributed by atoms with Crippen molar-refractivity contribution in [2.75, 3.05) is 17.7 Å². The lowest BCUT2D eigenvalue weighted by atomic mass is 10.2. The Labute approximate surface area is 127 Å². The largest absolute Gasteiger partial charge is 0.373 e. The van der Waals surface area contributed by atoms with Crippen molar-refractivity contribution in [3.8, 4) is 0 Å². The maximum Gasteiger partial charge on any atom is 0.257 e. The quantitative estimate of drug-likeness (QED) is 0.901. The van der Waals surface area contributed by atoms with Gasteiger partial charge in [-0.3, -0.25) is 4.79 Å². The van der Waals surface area contributed by atoms with Crippen LogP contribution < -0.4 is 10.6 Å². The topological polar surface area (TPSA) is 54.0 Å². The van der Waals surface area contributed by atoms with E-state index in [0.29, 0.717) is 22.1 Å². The lowest BCUT2D eigenvalue weighted by molar-refractivity contribution is 0.102. The molecular formula is C14H13Cl2N3O. The molecule has 0 spiro atoms. The molecule has 0 unspecified atom stereocenters. The monoisotopic (exact) mass is 309 g/mol. The fraction of sp³-hybridized carbons (Fsp3) is 0.143. The zero-order chi connectivity index (χ0) is 14.7. The zero-order valence-electron chi connectivity index (χ0n) is 11.0. The molecule has 0 atom stereocenters. The molecule has 20 heavy (non-hydrogen) atoms. The van der Waals surface area contributed by atoms with Gasteiger partial charge in [-0.15, -0.1) is 0 Å². The first kappa shape index (κ1) is 14.6. The summed E-state index contributed by atoms with van der Waals surface area (Å²) in [5.74, 6) is 0.231. The molecule has 6 heteroatoms. The molecule has 1 amide bonds. The molecule has 0 aliphatic rings. The molecule has 0 aliphatic carbocycles. The van der Waals surface area contributed by atoms with Crippen LogP contribution in [-0.2, 0) is 0 Å². The number of rotatable bonds is 3. The number of carbonyl (C=O) groups excluding carboxylic acids is 1. The predicted molar refractivity (Wildman–Crippen MR) is 82.9 cm³/mol. The van der Waals surface area contributed by atoms with Crippen molar-refractivity contribution in [1.82, 2.24) is 4.98 Å². The Morgan fingerprint density at radius 3 is 2.60 bits per heavy atom. The SMILES string of the molecule is CNc1cc(C(=O)Nc2ccc(C)cc2Cl)c(Cl)cn1. The fourth-order valence-electron chi connectivity index (χ4n) is 1.66. The molecule has 1 aromatic heterocycles. The van der Waals surface area contributed by atoms with Crippen molar-refractivity contribution in [2.24, 2.45) is 0 Å². The van der Waals surface area contributed by atoms with Gasteiger partial charge in [-0.25, -0.2) is 4.98 Å². The molecule has 1 heterocycles. The van der Waals surface area contributed by atoms with E-state index in [2.05, 4.69) is 15.6 Å². The molecule has 0 saturated heterocycles. The van der Waals surface area contributed by atoms with Crippen LogP contribution in [0.2, 0.25) is 10.0 Å². The van der Waals surface area contributed by atoms with Gasteiger partial charge in [0.2, 0.25) is 0 Å². The van der Waals surface area contributed by atoms with Crippen LogP contribution in [-0.4, -0.2) is 17.9 Å². The van der Waals surface area contributed by atoms with Crippen LogP contribution in [0.3, 0.4) is 0 Å². The fourth-order valence-corrected chi connectivity index (χ4v) is 2.13. The zero-order valence-corrected chi connectivity index (χ0v) is 12.5. The minimum absolute atomic E-state index is 0.282. The highest BCUT2D eigenvalue weighted by atomic mass is 35.5. The number of halogens is 2. The maximum atomic E-state index is 12.2. The third-order valence-corrected chi connectivity index (χ3v) is 3.34. The third-order valence-electron chi connectivity index (χ3n) is 2.73. The van der Waals surface area contributed by atoms with Crippen LogP contribution in [0.25, 0.3) is 0 Å². The molecule has 4 nitrogen and oxygen atoms in total. The molecule has 1 aromatic carbocycles. The third kappa shape index (κ3) is 3.21. The van der Waals surface area contributed by atoms with E-state index in [9.17, 15) is 4.79 Å². The van der Waals surface area contributed by atoms with Crippen LogP contribution in [0.15, 0.2) is 30.5 Å². The second kappa shape index (κ2) is 6.11. The Bertz CT molecular complexity index is 659. The number of nitrogens with one attached hydrogen (secondary N) is 2. The van der Waals surface area contributed by atoms with Crippen LogP contribution in [0.4, 0.5) is 11.5 Å². The summed E-state index contributed by atoms with van der Waals surface area (Å²) < 4.78 is 0. The van der Waals surface area contributed by atoms with Gasteiger partial charge in [0, 0.05) is 13.2 Å². The van der Waals surface area contributed by atoms with Crippen LogP contribution in [0.1, 0.15) is 15.9 Å². The van der Waals surface area contributed by atoms with Crippen molar-refractivity contribution in [3.63, 3.8) is 0 Å². The van der Waals surface area contributed by atoms with E-state index in [-0.39, 0.29) is 10.9 Å². The molecule has 0 bridgehead atoms. The average molecular weight is 310 g/mol. The van der Waals surface area contributed by atoms with E-state index >= 15 is 0 Å². The molecule has 0 fully saturated rings. The van der Waals surface area contributed by atoms with Gasteiger partial charge in [0.25, 0.3) is 5.91 Å². The van der Waals surface area contributed by atoms with Crippen LogP contribution in [0, 0.1) is 6.92 Å². The Hall–Kier alpha value is -1.78. The van der Waals surface area contributed by atoms with E-state index in [0.717, 1.165) is 5.56 Å². The first-order valence-electron chi connectivity index (χ1n) is 5.92. The number of hydrogen-bond acceptors (Lipinski definition) is 3. The van der Waals surface area contributed by atoms with Gasteiger partial charge in [-0.1, -0.05) is 29.3 Å². The van der Waals surface area contributed by atoms with Gasteiger partial charge < -0.3 is 10.6 Å². The van der Waals surface area contributed by atoms with Gasteiger partial charge in [-0.05, 0) is 30.7 Å². The van der Waals surface area contributed by atoms with Gasteiger partial charge in [0.1, 0.15) is 5.82 Å². The summed E-state index contributed by atoms with van der Waals surface area (Å²) in [6.07, 6.45) is 1.43. The first-order valence-corrected chi connectivity index (χ1v) is 6.67. The summed E-state index contributed by atoms with van der Waals surface area (Å²) in [5.41, 5.74) is 1.90. The van der Waals surface area contributed by atoms with Gasteiger partial charge in [0.15, 0.2) is 0 Å². The van der Waals surface area contributed by atoms with Gasteiger partial charge >= 0.3 is 0 Å². The summed E-state index contributed by atoms with van der Waals surface area (Å²) in [4.78, 5) is 16.3. The van der Waals surface area contributed by atoms with E-state index in [1.54, 1.807) is 25.2 Å². The van der Waals surface area contributed by atoms with Gasteiger partial charge in [-0.2, -0.15) is 0 Å². The Kier molecular flexibility index (Phi) is 4.47. The number of aromatic nitrogens is 1. The number of amides is 1. The number of benzene rings is 1. The van der Waals surface area contributed by atoms with Crippen LogP contribution in [0.5, 0.6) is 0 Å². The van der Waals surface area contributed by atoms with E-state index in [1.807, 2.05) is 13.0 Å². The summed E-state index contributed by atoms with van der Waals surface area (Å²) in [7, 11) is 1.72. The number of nitrogens with zero attached hydrogens (tertiary/aromatic N) is 1. The van der Waals surface area contributed by atoms with Crippen molar-refractivity contribution >= 4 is 40.6 Å². The van der Waals surface area contributed by atoms with E-state index in [1.165, 1.54) is 6.20 Å². The molecule has 104 valence electrons. The summed E-state index contributed by atoms with van der Waals surface area (Å²) in [5, 5.41) is 6.36. The molecule has 2 N–H and O–H groups in total. The highest BCUT2D eigenvalue weighted by Gasteiger charge is 2.13. The predicted octanol–water partition coefficient (Wildman–Crippen LogP) is 3.99. The lowest BCUT2D eigenvalue weighted by Gasteiger charge is -2.10. The Morgan fingerprint density at radius 1 is 1.20 bits per heavy atom. The number of pyridine rings is 1. The van der Waals surface area contributed by atoms with E-state index in [4.69, 9.17) is 23.2 Å². The second-order valence-electron chi connectivity index (χ2n) is 4.24. The number of aryl methyl sites for hydroxylation is 1. The smallest absolute Gasteiger partial charge is 0.257 e. The van der Waals surface area contributed by atoms with E-state index < -0.39 is 0 Å². The average Bonchev–Trinajstić information content (AvgIpc) is 2.42. The maximum absolute atomic E-state index is 12.2. The van der Waals surface area contributed by atoms with Crippen molar-refractivity contribution in [2.45, 2.75) is 6.92 Å². The number of carbonyl (C=O) groups is 1. The van der Waals surface area contributed by atoms with Crippen molar-refractivity contribution < 1.29 is 4.79 Å². The summed E-state index contributed by atoms with van der Waals surface area (Å²) in [6, 6.07) is 6.99. The second-order valence-corrected chi connectivity index (χ2v) is 5.05. The summed E-state index contributed by atoms with van der Waals surface area (Å²) >= 11 is 12.1. The highest BCUT2D eigenvalue weighted by Crippen LogP contribution is 2.25. The molecule has 0 aliphatic heterocycles. The van der Waals surface area contributed by atoms with Gasteiger partial charge in [0.05, 0.1) is 21.3 Å².